The molecule has 1 aliphatic rings. The fourth-order valence-corrected chi connectivity index (χ4v) is 4.91. The number of ether oxygens (including phenoxy) is 2. The molecule has 0 radical (unpaired) electrons. The van der Waals surface area contributed by atoms with Crippen LogP contribution in [0.25, 0.3) is 0 Å². The molecule has 1 aliphatic heterocycles. The van der Waals surface area contributed by atoms with Crippen molar-refractivity contribution in [1.29, 1.82) is 0 Å². The third-order valence-electron chi connectivity index (χ3n) is 5.26. The third kappa shape index (κ3) is 5.84. The molecule has 1 fully saturated rings. The number of hydrogen-bond acceptors (Lipinski definition) is 7. The Labute approximate surface area is 187 Å². The molecule has 0 aliphatic carbocycles. The Morgan fingerprint density at radius 1 is 1.16 bits per heavy atom. The summed E-state index contributed by atoms with van der Waals surface area (Å²) in [5.41, 5.74) is 2.08. The van der Waals surface area contributed by atoms with Gasteiger partial charge in [0.05, 0.1) is 4.90 Å². The van der Waals surface area contributed by atoms with Crippen LogP contribution in [-0.2, 0) is 21.0 Å². The molecule has 1 N–H and O–H groups in total. The summed E-state index contributed by atoms with van der Waals surface area (Å²) in [6.45, 7) is 3.62. The summed E-state index contributed by atoms with van der Waals surface area (Å²) in [7, 11) is -3.23. The van der Waals surface area contributed by atoms with E-state index < -0.39 is 9.84 Å². The largest absolute Gasteiger partial charge is 0.457 e. The minimum absolute atomic E-state index is 0.278. The van der Waals surface area contributed by atoms with Gasteiger partial charge in [0.15, 0.2) is 15.0 Å². The van der Waals surface area contributed by atoms with Crippen molar-refractivity contribution in [2.24, 2.45) is 5.92 Å². The van der Waals surface area contributed by atoms with Gasteiger partial charge in [0.2, 0.25) is 0 Å². The van der Waals surface area contributed by atoms with Crippen LogP contribution < -0.4 is 10.1 Å². The van der Waals surface area contributed by atoms with Crippen LogP contribution in [0.15, 0.2) is 53.6 Å². The van der Waals surface area contributed by atoms with Gasteiger partial charge in [-0.15, -0.1) is 11.3 Å². The van der Waals surface area contributed by atoms with Crippen molar-refractivity contribution in [2.45, 2.75) is 31.1 Å². The minimum Gasteiger partial charge on any atom is -0.457 e. The SMILES string of the molecule is Cc1cnc(Nc2ccc(Oc3ccc(S(C)(=O)=O)cc3)c(CC3CCOCC3)c2)s1. The number of aromatic nitrogens is 1. The van der Waals surface area contributed by atoms with Gasteiger partial charge in [-0.2, -0.15) is 0 Å². The second kappa shape index (κ2) is 9.38. The molecule has 0 unspecified atom stereocenters. The number of benzene rings is 2. The second-order valence-electron chi connectivity index (χ2n) is 7.83. The van der Waals surface area contributed by atoms with E-state index in [9.17, 15) is 8.42 Å². The Kier molecular flexibility index (Phi) is 6.60. The number of nitrogens with zero attached hydrogens (tertiary/aromatic N) is 1. The Morgan fingerprint density at radius 3 is 2.55 bits per heavy atom. The smallest absolute Gasteiger partial charge is 0.187 e. The van der Waals surface area contributed by atoms with E-state index >= 15 is 0 Å². The number of aryl methyl sites for hydroxylation is 1. The summed E-state index contributed by atoms with van der Waals surface area (Å²) in [5.74, 6) is 1.93. The van der Waals surface area contributed by atoms with E-state index in [1.807, 2.05) is 25.3 Å². The van der Waals surface area contributed by atoms with Crippen molar-refractivity contribution in [3.8, 4) is 11.5 Å². The zero-order valence-corrected chi connectivity index (χ0v) is 19.3. The molecular weight excluding hydrogens is 432 g/mol. The Morgan fingerprint density at radius 2 is 1.90 bits per heavy atom. The number of nitrogens with one attached hydrogen (secondary N) is 1. The highest BCUT2D eigenvalue weighted by Crippen LogP contribution is 2.33. The highest BCUT2D eigenvalue weighted by Gasteiger charge is 2.18. The molecule has 0 bridgehead atoms. The second-order valence-corrected chi connectivity index (χ2v) is 11.1. The van der Waals surface area contributed by atoms with E-state index in [0.717, 1.165) is 59.5 Å². The van der Waals surface area contributed by atoms with Crippen molar-refractivity contribution in [2.75, 3.05) is 24.8 Å². The first-order valence-electron chi connectivity index (χ1n) is 10.2. The minimum atomic E-state index is -3.23. The molecule has 164 valence electrons. The van der Waals surface area contributed by atoms with E-state index in [2.05, 4.69) is 16.4 Å². The molecule has 2 aromatic carbocycles. The zero-order valence-electron chi connectivity index (χ0n) is 17.6. The van der Waals surface area contributed by atoms with Crippen molar-refractivity contribution < 1.29 is 17.9 Å². The lowest BCUT2D eigenvalue weighted by molar-refractivity contribution is 0.0664. The number of anilines is 2. The molecular formula is C23H26N2O4S2. The molecule has 0 amide bonds. The van der Waals surface area contributed by atoms with Gasteiger partial charge < -0.3 is 14.8 Å². The van der Waals surface area contributed by atoms with E-state index in [-0.39, 0.29) is 4.90 Å². The van der Waals surface area contributed by atoms with E-state index in [1.165, 1.54) is 6.26 Å². The van der Waals surface area contributed by atoms with Gasteiger partial charge >= 0.3 is 0 Å². The summed E-state index contributed by atoms with van der Waals surface area (Å²) in [5, 5.41) is 4.24. The number of hydrogen-bond donors (Lipinski definition) is 1. The van der Waals surface area contributed by atoms with E-state index in [1.54, 1.807) is 35.6 Å². The number of rotatable bonds is 7. The Bertz CT molecular complexity index is 1130. The quantitative estimate of drug-likeness (QED) is 0.514. The molecule has 1 aromatic heterocycles. The lowest BCUT2D eigenvalue weighted by atomic mass is 9.92. The van der Waals surface area contributed by atoms with Gasteiger partial charge in [-0.25, -0.2) is 13.4 Å². The number of thiazole rings is 1. The van der Waals surface area contributed by atoms with Crippen LogP contribution in [0, 0.1) is 12.8 Å². The maximum absolute atomic E-state index is 11.7. The van der Waals surface area contributed by atoms with Gasteiger partial charge in [-0.1, -0.05) is 0 Å². The van der Waals surface area contributed by atoms with Gasteiger partial charge in [0, 0.05) is 36.2 Å². The van der Waals surface area contributed by atoms with Crippen LogP contribution in [-0.4, -0.2) is 32.9 Å². The van der Waals surface area contributed by atoms with Crippen molar-refractivity contribution in [3.05, 3.63) is 59.1 Å². The highest BCUT2D eigenvalue weighted by molar-refractivity contribution is 7.90. The van der Waals surface area contributed by atoms with Crippen LogP contribution in [0.4, 0.5) is 10.8 Å². The molecule has 1 saturated heterocycles. The first-order chi connectivity index (χ1) is 14.9. The first kappa shape index (κ1) is 21.8. The monoisotopic (exact) mass is 458 g/mol. The summed E-state index contributed by atoms with van der Waals surface area (Å²) >= 11 is 1.62. The van der Waals surface area contributed by atoms with Crippen LogP contribution in [0.5, 0.6) is 11.5 Å². The van der Waals surface area contributed by atoms with Crippen LogP contribution >= 0.6 is 11.3 Å². The fraction of sp³-hybridized carbons (Fsp3) is 0.348. The predicted molar refractivity (Wildman–Crippen MR) is 123 cm³/mol. The van der Waals surface area contributed by atoms with Gasteiger partial charge in [-0.3, -0.25) is 0 Å². The fourth-order valence-electron chi connectivity index (χ4n) is 3.60. The molecule has 0 atom stereocenters. The highest BCUT2D eigenvalue weighted by atomic mass is 32.2. The average Bonchev–Trinajstić information content (AvgIpc) is 3.15. The van der Waals surface area contributed by atoms with Crippen LogP contribution in [0.1, 0.15) is 23.3 Å². The van der Waals surface area contributed by atoms with E-state index in [0.29, 0.717) is 11.7 Å². The molecule has 2 heterocycles. The molecule has 31 heavy (non-hydrogen) atoms. The summed E-state index contributed by atoms with van der Waals surface area (Å²) in [6, 6.07) is 12.6. The summed E-state index contributed by atoms with van der Waals surface area (Å²) in [6.07, 6.45) is 6.02. The third-order valence-corrected chi connectivity index (χ3v) is 7.22. The summed E-state index contributed by atoms with van der Waals surface area (Å²) < 4.78 is 35.1. The number of sulfone groups is 1. The maximum atomic E-state index is 11.7. The molecule has 0 spiro atoms. The lowest BCUT2D eigenvalue weighted by Gasteiger charge is -2.23. The Hall–Kier alpha value is -2.42. The lowest BCUT2D eigenvalue weighted by Crippen LogP contribution is -2.17. The van der Waals surface area contributed by atoms with Gasteiger partial charge in [0.25, 0.3) is 0 Å². The maximum Gasteiger partial charge on any atom is 0.187 e. The normalized spacial score (nSPS) is 15.0. The molecule has 8 heteroatoms. The molecule has 4 rings (SSSR count). The molecule has 3 aromatic rings. The van der Waals surface area contributed by atoms with Crippen LogP contribution in [0.2, 0.25) is 0 Å². The topological polar surface area (TPSA) is 77.5 Å². The predicted octanol–water partition coefficient (Wildman–Crippen LogP) is 5.36. The Balaban J connectivity index is 1.58. The van der Waals surface area contributed by atoms with Crippen molar-refractivity contribution >= 4 is 32.0 Å². The molecule has 6 nitrogen and oxygen atoms in total. The van der Waals surface area contributed by atoms with Crippen molar-refractivity contribution in [1.82, 2.24) is 4.98 Å². The van der Waals surface area contributed by atoms with E-state index in [4.69, 9.17) is 9.47 Å². The zero-order chi connectivity index (χ0) is 21.8. The molecule has 0 saturated carbocycles. The summed E-state index contributed by atoms with van der Waals surface area (Å²) in [4.78, 5) is 5.82. The van der Waals surface area contributed by atoms with Gasteiger partial charge in [-0.05, 0) is 80.1 Å². The average molecular weight is 459 g/mol. The first-order valence-corrected chi connectivity index (χ1v) is 13.0. The van der Waals surface area contributed by atoms with Crippen LogP contribution in [0.3, 0.4) is 0 Å². The van der Waals surface area contributed by atoms with Crippen molar-refractivity contribution in [3.63, 3.8) is 0 Å². The van der Waals surface area contributed by atoms with Gasteiger partial charge in [0.1, 0.15) is 11.5 Å². The standard InChI is InChI=1S/C23H26N2O4S2/c1-16-15-24-23(30-16)25-19-3-8-22(18(14-19)13-17-9-11-28-12-10-17)29-20-4-6-21(7-5-20)31(2,26)27/h3-8,14-15,17H,9-13H2,1-2H3,(H,24,25).